The molecule has 0 saturated heterocycles. The first-order valence-electron chi connectivity index (χ1n) is 9.15. The Morgan fingerprint density at radius 3 is 2.46 bits per heavy atom. The molecule has 0 saturated carbocycles. The van der Waals surface area contributed by atoms with Crippen molar-refractivity contribution in [2.45, 2.75) is 34.1 Å². The molecule has 0 aromatic rings. The van der Waals surface area contributed by atoms with E-state index in [1.165, 1.54) is 16.8 Å². The second-order valence-electron chi connectivity index (χ2n) is 7.18. The Bertz CT molecular complexity index is 577. The van der Waals surface area contributed by atoms with Gasteiger partial charge in [-0.15, -0.1) is 0 Å². The molecule has 1 unspecified atom stereocenters. The first-order valence-corrected chi connectivity index (χ1v) is 11.0. The van der Waals surface area contributed by atoms with E-state index in [-0.39, 0.29) is 10.9 Å². The molecule has 1 aliphatic carbocycles. The van der Waals surface area contributed by atoms with E-state index in [2.05, 4.69) is 80.4 Å². The van der Waals surface area contributed by atoms with Crippen LogP contribution in [0.3, 0.4) is 0 Å². The average Bonchev–Trinajstić information content (AvgIpc) is 2.81. The Balaban J connectivity index is 1.91. The van der Waals surface area contributed by atoms with Crippen LogP contribution in [0.5, 0.6) is 0 Å². The number of allylic oxidation sites excluding steroid dienone is 7. The molecule has 1 aliphatic heterocycles. The smallest absolute Gasteiger partial charge is 0.0373 e. The van der Waals surface area contributed by atoms with E-state index in [1.807, 2.05) is 0 Å². The summed E-state index contributed by atoms with van der Waals surface area (Å²) in [6, 6.07) is 0. The van der Waals surface area contributed by atoms with Crippen LogP contribution in [0.2, 0.25) is 0 Å². The van der Waals surface area contributed by atoms with Gasteiger partial charge in [0.25, 0.3) is 0 Å². The van der Waals surface area contributed by atoms with E-state index in [4.69, 9.17) is 0 Å². The van der Waals surface area contributed by atoms with Crippen molar-refractivity contribution in [3.63, 3.8) is 0 Å². The van der Waals surface area contributed by atoms with Gasteiger partial charge in [-0.05, 0) is 46.0 Å². The van der Waals surface area contributed by atoms with Crippen LogP contribution in [0, 0.1) is 11.8 Å². The van der Waals surface area contributed by atoms with Gasteiger partial charge in [-0.1, -0.05) is 58.1 Å². The maximum Gasteiger partial charge on any atom is 0.0373 e. The minimum absolute atomic E-state index is 0.0257. The fourth-order valence-corrected chi connectivity index (χ4v) is 4.35. The zero-order chi connectivity index (χ0) is 17.5. The van der Waals surface area contributed by atoms with Gasteiger partial charge in [0.1, 0.15) is 0 Å². The number of thiol groups is 1. The normalized spacial score (nSPS) is 22.2. The van der Waals surface area contributed by atoms with Crippen molar-refractivity contribution < 1.29 is 0 Å². The highest BCUT2D eigenvalue weighted by Gasteiger charge is 2.17. The first kappa shape index (κ1) is 19.1. The fourth-order valence-electron chi connectivity index (χ4n) is 3.13. The van der Waals surface area contributed by atoms with E-state index in [0.717, 1.165) is 26.1 Å². The van der Waals surface area contributed by atoms with Gasteiger partial charge in [0, 0.05) is 25.3 Å². The molecular weight excluding hydrogens is 312 g/mol. The zero-order valence-corrected chi connectivity index (χ0v) is 16.8. The van der Waals surface area contributed by atoms with Crippen molar-refractivity contribution in [2.24, 2.45) is 11.8 Å². The highest BCUT2D eigenvalue weighted by Crippen LogP contribution is 2.36. The summed E-state index contributed by atoms with van der Waals surface area (Å²) in [4.78, 5) is 1.55. The van der Waals surface area contributed by atoms with Gasteiger partial charge in [0.15, 0.2) is 0 Å². The Morgan fingerprint density at radius 1 is 1.04 bits per heavy atom. The van der Waals surface area contributed by atoms with Gasteiger partial charge in [0.05, 0.1) is 0 Å². The molecule has 0 aromatic heterocycles. The molecule has 0 fully saturated rings. The van der Waals surface area contributed by atoms with Crippen molar-refractivity contribution in [1.29, 1.82) is 0 Å². The van der Waals surface area contributed by atoms with Crippen LogP contribution >= 0.6 is 10.9 Å². The molecule has 0 spiro atoms. The third-order valence-corrected chi connectivity index (χ3v) is 6.47. The predicted octanol–water partition coefficient (Wildman–Crippen LogP) is 4.66. The molecule has 134 valence electrons. The van der Waals surface area contributed by atoms with Crippen molar-refractivity contribution >= 4 is 10.9 Å². The van der Waals surface area contributed by atoms with Crippen molar-refractivity contribution in [2.75, 3.05) is 25.9 Å². The quantitative estimate of drug-likeness (QED) is 0.440. The highest BCUT2D eigenvalue weighted by molar-refractivity contribution is 8.22. The molecule has 3 heteroatoms. The van der Waals surface area contributed by atoms with Crippen molar-refractivity contribution in [3.8, 4) is 0 Å². The van der Waals surface area contributed by atoms with Crippen LogP contribution in [-0.2, 0) is 0 Å². The summed E-state index contributed by atoms with van der Waals surface area (Å²) in [5, 5.41) is 9.65. The summed E-state index contributed by atoms with van der Waals surface area (Å²) in [6.07, 6.45) is 14.6. The monoisotopic (exact) mass is 346 g/mol. The second kappa shape index (κ2) is 9.33. The Kier molecular flexibility index (Phi) is 7.44. The minimum atomic E-state index is -0.0257. The summed E-state index contributed by atoms with van der Waals surface area (Å²) < 4.78 is 0. The average molecular weight is 347 g/mol. The predicted molar refractivity (Wildman–Crippen MR) is 112 cm³/mol. The van der Waals surface area contributed by atoms with Crippen LogP contribution in [0.25, 0.3) is 0 Å². The Hall–Kier alpha value is -1.19. The van der Waals surface area contributed by atoms with Crippen LogP contribution in [0.15, 0.2) is 57.5 Å². The number of rotatable bonds is 8. The molecule has 1 atom stereocenters. The van der Waals surface area contributed by atoms with Gasteiger partial charge >= 0.3 is 0 Å². The van der Waals surface area contributed by atoms with E-state index >= 15 is 0 Å². The van der Waals surface area contributed by atoms with Crippen LogP contribution in [0.4, 0.5) is 0 Å². The van der Waals surface area contributed by atoms with E-state index in [0.29, 0.717) is 11.8 Å². The molecule has 2 rings (SSSR count). The summed E-state index contributed by atoms with van der Waals surface area (Å²) in [5.41, 5.74) is 4.35. The lowest BCUT2D eigenvalue weighted by molar-refractivity contribution is 0.643. The van der Waals surface area contributed by atoms with Crippen molar-refractivity contribution in [1.82, 2.24) is 10.6 Å². The van der Waals surface area contributed by atoms with Crippen LogP contribution < -0.4 is 10.6 Å². The fraction of sp³-hybridized carbons (Fsp3) is 0.524. The lowest BCUT2D eigenvalue weighted by atomic mass is 9.91. The van der Waals surface area contributed by atoms with Gasteiger partial charge in [-0.2, -0.15) is 0 Å². The molecule has 0 bridgehead atoms. The molecule has 2 N–H and O–H groups in total. The van der Waals surface area contributed by atoms with Gasteiger partial charge in [-0.3, -0.25) is 0 Å². The SMILES string of the molecule is CC(C)C1=CC=CCC(C(C)C)=C1NCCNCC1=CC=C[SH]1C. The number of hydrogen-bond acceptors (Lipinski definition) is 2. The summed E-state index contributed by atoms with van der Waals surface area (Å²) >= 11 is 0. The molecule has 1 heterocycles. The lowest BCUT2D eigenvalue weighted by Crippen LogP contribution is -2.30. The van der Waals surface area contributed by atoms with E-state index in [1.54, 1.807) is 4.91 Å². The summed E-state index contributed by atoms with van der Waals surface area (Å²) in [5.74, 6) is 1.11. The largest absolute Gasteiger partial charge is 0.384 e. The number of hydrogen-bond donors (Lipinski definition) is 3. The topological polar surface area (TPSA) is 24.1 Å². The zero-order valence-electron chi connectivity index (χ0n) is 15.9. The van der Waals surface area contributed by atoms with E-state index in [9.17, 15) is 0 Å². The van der Waals surface area contributed by atoms with Crippen LogP contribution in [0.1, 0.15) is 34.1 Å². The van der Waals surface area contributed by atoms with Gasteiger partial charge < -0.3 is 10.6 Å². The standard InChI is InChI=1S/C21H34N2S/c1-16(2)19-10-6-7-11-20(17(3)4)21(19)23-13-12-22-15-18-9-8-14-24(18)5/h6-10,14,16-17,22-24H,11-13,15H2,1-5H3. The van der Waals surface area contributed by atoms with E-state index < -0.39 is 0 Å². The third kappa shape index (κ3) is 5.15. The lowest BCUT2D eigenvalue weighted by Gasteiger charge is -2.23. The Labute approximate surface area is 151 Å². The number of nitrogens with one attached hydrogen (secondary N) is 2. The van der Waals surface area contributed by atoms with Gasteiger partial charge in [0.2, 0.25) is 0 Å². The molecule has 2 aliphatic rings. The van der Waals surface area contributed by atoms with Gasteiger partial charge in [-0.25, -0.2) is 10.9 Å². The summed E-state index contributed by atoms with van der Waals surface area (Å²) in [6.45, 7) is 12.1. The first-order chi connectivity index (χ1) is 11.5. The molecular formula is C21H34N2S. The molecule has 24 heavy (non-hydrogen) atoms. The third-order valence-electron chi connectivity index (χ3n) is 4.64. The maximum absolute atomic E-state index is 3.74. The van der Waals surface area contributed by atoms with Crippen LogP contribution in [-0.4, -0.2) is 25.9 Å². The highest BCUT2D eigenvalue weighted by atomic mass is 32.2. The molecule has 0 aromatic carbocycles. The van der Waals surface area contributed by atoms with Crippen molar-refractivity contribution in [3.05, 3.63) is 57.5 Å². The second-order valence-corrected chi connectivity index (χ2v) is 9.27. The minimum Gasteiger partial charge on any atom is -0.384 e. The summed E-state index contributed by atoms with van der Waals surface area (Å²) in [7, 11) is -0.0257. The Morgan fingerprint density at radius 2 is 1.83 bits per heavy atom. The molecule has 0 radical (unpaired) electrons. The molecule has 0 amide bonds. The maximum atomic E-state index is 3.74. The molecule has 2 nitrogen and oxygen atoms in total.